The van der Waals surface area contributed by atoms with Crippen LogP contribution in [0.5, 0.6) is 0 Å². The molecule has 1 aliphatic heterocycles. The SMILES string of the molecule is NS(=O)(=O)c1ccc2c(c1)/C(=C/c1cccnc1)C(=O)N2. The molecule has 0 bridgehead atoms. The minimum Gasteiger partial charge on any atom is -0.321 e. The number of nitrogens with two attached hydrogens (primary N) is 1. The first kappa shape index (κ1) is 13.5. The van der Waals surface area contributed by atoms with Gasteiger partial charge in [0.25, 0.3) is 5.91 Å². The molecule has 0 spiro atoms. The molecule has 0 saturated heterocycles. The first-order valence-electron chi connectivity index (χ1n) is 6.05. The molecule has 3 N–H and O–H groups in total. The second kappa shape index (κ2) is 4.80. The van der Waals surface area contributed by atoms with Crippen LogP contribution in [-0.2, 0) is 14.8 Å². The van der Waals surface area contributed by atoms with Gasteiger partial charge < -0.3 is 5.32 Å². The lowest BCUT2D eigenvalue weighted by molar-refractivity contribution is -0.110. The average Bonchev–Trinajstić information content (AvgIpc) is 2.75. The number of amides is 1. The molecule has 7 heteroatoms. The molecule has 0 radical (unpaired) electrons. The first-order chi connectivity index (χ1) is 9.95. The van der Waals surface area contributed by atoms with Gasteiger partial charge in [-0.3, -0.25) is 9.78 Å². The predicted molar refractivity (Wildman–Crippen MR) is 78.6 cm³/mol. The topological polar surface area (TPSA) is 102 Å². The van der Waals surface area contributed by atoms with E-state index in [4.69, 9.17) is 5.14 Å². The third-order valence-electron chi connectivity index (χ3n) is 3.10. The van der Waals surface area contributed by atoms with Crippen LogP contribution in [0, 0.1) is 0 Å². The van der Waals surface area contributed by atoms with Gasteiger partial charge in [0.1, 0.15) is 0 Å². The lowest BCUT2D eigenvalue weighted by atomic mass is 10.0. The van der Waals surface area contributed by atoms with Crippen LogP contribution in [0.3, 0.4) is 0 Å². The molecule has 1 aliphatic rings. The maximum absolute atomic E-state index is 12.0. The fourth-order valence-electron chi connectivity index (χ4n) is 2.12. The van der Waals surface area contributed by atoms with Crippen molar-refractivity contribution in [2.24, 2.45) is 5.14 Å². The number of primary sulfonamides is 1. The van der Waals surface area contributed by atoms with Crippen molar-refractivity contribution in [3.05, 3.63) is 53.9 Å². The number of nitrogens with one attached hydrogen (secondary N) is 1. The first-order valence-corrected chi connectivity index (χ1v) is 7.60. The zero-order valence-corrected chi connectivity index (χ0v) is 11.6. The van der Waals surface area contributed by atoms with E-state index in [0.29, 0.717) is 16.8 Å². The summed E-state index contributed by atoms with van der Waals surface area (Å²) in [5.74, 6) is -0.291. The molecule has 2 heterocycles. The zero-order chi connectivity index (χ0) is 15.0. The molecule has 21 heavy (non-hydrogen) atoms. The summed E-state index contributed by atoms with van der Waals surface area (Å²) in [5.41, 5.74) is 2.19. The number of hydrogen-bond acceptors (Lipinski definition) is 4. The number of anilines is 1. The van der Waals surface area contributed by atoms with Crippen molar-refractivity contribution in [3.8, 4) is 0 Å². The number of benzene rings is 1. The highest BCUT2D eigenvalue weighted by Crippen LogP contribution is 2.34. The largest absolute Gasteiger partial charge is 0.321 e. The van der Waals surface area contributed by atoms with Crippen LogP contribution in [-0.4, -0.2) is 19.3 Å². The molecule has 1 amide bonds. The number of pyridine rings is 1. The number of aromatic nitrogens is 1. The van der Waals surface area contributed by atoms with E-state index in [1.165, 1.54) is 18.2 Å². The van der Waals surface area contributed by atoms with Crippen LogP contribution in [0.2, 0.25) is 0 Å². The number of sulfonamides is 1. The maximum atomic E-state index is 12.0. The number of rotatable bonds is 2. The Morgan fingerprint density at radius 3 is 2.71 bits per heavy atom. The minimum absolute atomic E-state index is 0.0326. The summed E-state index contributed by atoms with van der Waals surface area (Å²) in [6.45, 7) is 0. The van der Waals surface area contributed by atoms with E-state index in [1.54, 1.807) is 30.6 Å². The molecular formula is C14H11N3O3S. The molecule has 1 aromatic carbocycles. The zero-order valence-electron chi connectivity index (χ0n) is 10.8. The lowest BCUT2D eigenvalue weighted by Crippen LogP contribution is -2.12. The highest BCUT2D eigenvalue weighted by Gasteiger charge is 2.25. The molecule has 0 fully saturated rings. The van der Waals surface area contributed by atoms with Gasteiger partial charge in [0.2, 0.25) is 10.0 Å². The Morgan fingerprint density at radius 2 is 2.05 bits per heavy atom. The second-order valence-corrected chi connectivity index (χ2v) is 6.11. The summed E-state index contributed by atoms with van der Waals surface area (Å²) in [4.78, 5) is 16.0. The molecule has 106 valence electrons. The van der Waals surface area contributed by atoms with E-state index in [0.717, 1.165) is 5.56 Å². The van der Waals surface area contributed by atoms with Crippen molar-refractivity contribution >= 4 is 33.3 Å². The molecule has 0 aliphatic carbocycles. The van der Waals surface area contributed by atoms with Crippen molar-refractivity contribution in [2.75, 3.05) is 5.32 Å². The standard InChI is InChI=1S/C14H11N3O3S/c15-21(19,20)10-3-4-13-11(7-10)12(14(18)17-13)6-9-2-1-5-16-8-9/h1-8H,(H,17,18)(H2,15,19,20)/b12-6-. The Balaban J connectivity index is 2.15. The summed E-state index contributed by atoms with van der Waals surface area (Å²) >= 11 is 0. The number of carbonyl (C=O) groups is 1. The van der Waals surface area contributed by atoms with Gasteiger partial charge in [-0.1, -0.05) is 6.07 Å². The van der Waals surface area contributed by atoms with E-state index in [1.807, 2.05) is 0 Å². The van der Waals surface area contributed by atoms with Crippen LogP contribution in [0.25, 0.3) is 11.6 Å². The Labute approximate surface area is 121 Å². The van der Waals surface area contributed by atoms with Crippen LogP contribution in [0.1, 0.15) is 11.1 Å². The maximum Gasteiger partial charge on any atom is 0.256 e. The summed E-state index contributed by atoms with van der Waals surface area (Å²) in [7, 11) is -3.82. The summed E-state index contributed by atoms with van der Waals surface area (Å²) in [5, 5.41) is 7.80. The molecule has 3 rings (SSSR count). The number of fused-ring (bicyclic) bond motifs is 1. The van der Waals surface area contributed by atoms with Crippen molar-refractivity contribution in [1.82, 2.24) is 4.98 Å². The molecule has 0 unspecified atom stereocenters. The van der Waals surface area contributed by atoms with E-state index in [2.05, 4.69) is 10.3 Å². The van der Waals surface area contributed by atoms with Gasteiger partial charge in [0.05, 0.1) is 4.90 Å². The fraction of sp³-hybridized carbons (Fsp3) is 0. The Morgan fingerprint density at radius 1 is 1.24 bits per heavy atom. The second-order valence-electron chi connectivity index (χ2n) is 4.55. The number of hydrogen-bond donors (Lipinski definition) is 2. The fourth-order valence-corrected chi connectivity index (χ4v) is 2.66. The third kappa shape index (κ3) is 2.56. The summed E-state index contributed by atoms with van der Waals surface area (Å²) in [6, 6.07) is 7.83. The monoisotopic (exact) mass is 301 g/mol. The quantitative estimate of drug-likeness (QED) is 0.814. The lowest BCUT2D eigenvalue weighted by Gasteiger charge is -2.02. The van der Waals surface area contributed by atoms with Crippen LogP contribution >= 0.6 is 0 Å². The van der Waals surface area contributed by atoms with E-state index in [9.17, 15) is 13.2 Å². The Hall–Kier alpha value is -2.51. The van der Waals surface area contributed by atoms with Gasteiger partial charge >= 0.3 is 0 Å². The van der Waals surface area contributed by atoms with Crippen molar-refractivity contribution < 1.29 is 13.2 Å². The van der Waals surface area contributed by atoms with E-state index >= 15 is 0 Å². The molecule has 0 atom stereocenters. The van der Waals surface area contributed by atoms with Gasteiger partial charge in [-0.05, 0) is 35.9 Å². The van der Waals surface area contributed by atoms with E-state index in [-0.39, 0.29) is 10.8 Å². The Bertz CT molecular complexity index is 858. The van der Waals surface area contributed by atoms with Gasteiger partial charge in [0, 0.05) is 29.2 Å². The van der Waals surface area contributed by atoms with Gasteiger partial charge in [0.15, 0.2) is 0 Å². The highest BCUT2D eigenvalue weighted by molar-refractivity contribution is 7.89. The van der Waals surface area contributed by atoms with Crippen LogP contribution in [0.4, 0.5) is 5.69 Å². The van der Waals surface area contributed by atoms with Gasteiger partial charge in [-0.25, -0.2) is 13.6 Å². The average molecular weight is 301 g/mol. The third-order valence-corrected chi connectivity index (χ3v) is 4.01. The van der Waals surface area contributed by atoms with Crippen LogP contribution in [0.15, 0.2) is 47.6 Å². The van der Waals surface area contributed by atoms with Crippen LogP contribution < -0.4 is 10.5 Å². The minimum atomic E-state index is -3.82. The van der Waals surface area contributed by atoms with Crippen molar-refractivity contribution in [2.45, 2.75) is 4.90 Å². The Kier molecular flexibility index (Phi) is 3.08. The molecule has 0 saturated carbocycles. The van der Waals surface area contributed by atoms with Gasteiger partial charge in [-0.15, -0.1) is 0 Å². The number of carbonyl (C=O) groups excluding carboxylic acids is 1. The highest BCUT2D eigenvalue weighted by atomic mass is 32.2. The smallest absolute Gasteiger partial charge is 0.256 e. The number of nitrogens with zero attached hydrogens (tertiary/aromatic N) is 1. The molecule has 2 aromatic rings. The molecular weight excluding hydrogens is 290 g/mol. The normalized spacial score (nSPS) is 15.9. The summed E-state index contributed by atoms with van der Waals surface area (Å²) in [6.07, 6.45) is 4.90. The predicted octanol–water partition coefficient (Wildman–Crippen LogP) is 1.22. The van der Waals surface area contributed by atoms with Crippen molar-refractivity contribution in [1.29, 1.82) is 0 Å². The van der Waals surface area contributed by atoms with E-state index < -0.39 is 10.0 Å². The summed E-state index contributed by atoms with van der Waals surface area (Å²) < 4.78 is 22.8. The van der Waals surface area contributed by atoms with Gasteiger partial charge in [-0.2, -0.15) is 0 Å². The molecule has 1 aromatic heterocycles. The van der Waals surface area contributed by atoms with Crippen molar-refractivity contribution in [3.63, 3.8) is 0 Å². The molecule has 6 nitrogen and oxygen atoms in total.